The number of carbonyl (C=O) groups is 1. The molecule has 0 aliphatic heterocycles. The van der Waals surface area contributed by atoms with Crippen molar-refractivity contribution in [2.24, 2.45) is 0 Å². The second kappa shape index (κ2) is 8.02. The SMILES string of the molecule is CCc1ccc(N/C=C(/C#N)C(=O)Nc2ccccc2Cl)cc1. The molecule has 0 bridgehead atoms. The summed E-state index contributed by atoms with van der Waals surface area (Å²) < 4.78 is 0. The smallest absolute Gasteiger partial charge is 0.267 e. The van der Waals surface area contributed by atoms with Crippen molar-refractivity contribution in [3.05, 3.63) is 70.9 Å². The normalized spacial score (nSPS) is 10.7. The molecule has 0 saturated carbocycles. The summed E-state index contributed by atoms with van der Waals surface area (Å²) in [5.41, 5.74) is 2.45. The van der Waals surface area contributed by atoms with Crippen molar-refractivity contribution in [1.82, 2.24) is 0 Å². The fraction of sp³-hybridized carbons (Fsp3) is 0.111. The quantitative estimate of drug-likeness (QED) is 0.634. The third kappa shape index (κ3) is 4.60. The number of nitrogens with zero attached hydrogens (tertiary/aromatic N) is 1. The number of para-hydroxylation sites is 1. The van der Waals surface area contributed by atoms with Gasteiger partial charge in [0, 0.05) is 11.9 Å². The summed E-state index contributed by atoms with van der Waals surface area (Å²) in [5.74, 6) is -0.515. The monoisotopic (exact) mass is 325 g/mol. The van der Waals surface area contributed by atoms with Crippen LogP contribution in [0.1, 0.15) is 12.5 Å². The first-order valence-corrected chi connectivity index (χ1v) is 7.53. The lowest BCUT2D eigenvalue weighted by molar-refractivity contribution is -0.112. The van der Waals surface area contributed by atoms with Crippen LogP contribution in [0.3, 0.4) is 0 Å². The minimum absolute atomic E-state index is 0.0375. The van der Waals surface area contributed by atoms with Gasteiger partial charge in [-0.05, 0) is 36.2 Å². The largest absolute Gasteiger partial charge is 0.360 e. The van der Waals surface area contributed by atoms with E-state index in [1.807, 2.05) is 30.3 Å². The average Bonchev–Trinajstić information content (AvgIpc) is 2.58. The number of aryl methyl sites for hydroxylation is 1. The van der Waals surface area contributed by atoms with Gasteiger partial charge >= 0.3 is 0 Å². The lowest BCUT2D eigenvalue weighted by Crippen LogP contribution is -2.14. The first-order chi connectivity index (χ1) is 11.1. The van der Waals surface area contributed by atoms with Crippen molar-refractivity contribution in [2.75, 3.05) is 10.6 Å². The Bertz CT molecular complexity index is 761. The third-order valence-electron chi connectivity index (χ3n) is 3.23. The molecule has 2 rings (SSSR count). The Balaban J connectivity index is 2.07. The predicted molar refractivity (Wildman–Crippen MR) is 93.2 cm³/mol. The van der Waals surface area contributed by atoms with E-state index in [9.17, 15) is 4.79 Å². The van der Waals surface area contributed by atoms with Crippen molar-refractivity contribution in [3.8, 4) is 6.07 Å². The molecule has 0 aliphatic carbocycles. The lowest BCUT2D eigenvalue weighted by Gasteiger charge is -2.07. The highest BCUT2D eigenvalue weighted by molar-refractivity contribution is 6.33. The zero-order valence-corrected chi connectivity index (χ0v) is 13.4. The second-order valence-corrected chi connectivity index (χ2v) is 5.21. The molecule has 1 amide bonds. The molecular weight excluding hydrogens is 310 g/mol. The van der Waals surface area contributed by atoms with Gasteiger partial charge in [0.2, 0.25) is 0 Å². The molecule has 5 heteroatoms. The standard InChI is InChI=1S/C18H16ClN3O/c1-2-13-7-9-15(10-8-13)21-12-14(11-20)18(23)22-17-6-4-3-5-16(17)19/h3-10,12,21H,2H2,1H3,(H,22,23)/b14-12-. The Kier molecular flexibility index (Phi) is 5.79. The highest BCUT2D eigenvalue weighted by atomic mass is 35.5. The Morgan fingerprint density at radius 1 is 1.22 bits per heavy atom. The summed E-state index contributed by atoms with van der Waals surface area (Å²) in [4.78, 5) is 12.1. The zero-order chi connectivity index (χ0) is 16.7. The molecule has 4 nitrogen and oxygen atoms in total. The second-order valence-electron chi connectivity index (χ2n) is 4.80. The van der Waals surface area contributed by atoms with Crippen LogP contribution in [-0.4, -0.2) is 5.91 Å². The molecule has 2 N–H and O–H groups in total. The molecule has 2 aromatic carbocycles. The van der Waals surface area contributed by atoms with E-state index >= 15 is 0 Å². The van der Waals surface area contributed by atoms with Crippen LogP contribution >= 0.6 is 11.6 Å². The number of carbonyl (C=O) groups excluding carboxylic acids is 1. The van der Waals surface area contributed by atoms with Crippen LogP contribution in [0.25, 0.3) is 0 Å². The molecule has 0 heterocycles. The van der Waals surface area contributed by atoms with Gasteiger partial charge in [-0.1, -0.05) is 42.8 Å². The number of amides is 1. The van der Waals surface area contributed by atoms with Crippen LogP contribution in [0.2, 0.25) is 5.02 Å². The van der Waals surface area contributed by atoms with Crippen LogP contribution in [-0.2, 0) is 11.2 Å². The average molecular weight is 326 g/mol. The van der Waals surface area contributed by atoms with Gasteiger partial charge in [-0.25, -0.2) is 0 Å². The van der Waals surface area contributed by atoms with Crippen molar-refractivity contribution >= 4 is 28.9 Å². The van der Waals surface area contributed by atoms with Crippen LogP contribution in [0.4, 0.5) is 11.4 Å². The molecule has 0 spiro atoms. The minimum Gasteiger partial charge on any atom is -0.360 e. The molecule has 0 saturated heterocycles. The molecule has 2 aromatic rings. The van der Waals surface area contributed by atoms with E-state index in [4.69, 9.17) is 16.9 Å². The summed E-state index contributed by atoms with van der Waals surface area (Å²) >= 11 is 5.98. The fourth-order valence-electron chi connectivity index (χ4n) is 1.89. The summed E-state index contributed by atoms with van der Waals surface area (Å²) in [6.07, 6.45) is 2.34. The van der Waals surface area contributed by atoms with E-state index in [0.717, 1.165) is 12.1 Å². The van der Waals surface area contributed by atoms with E-state index in [2.05, 4.69) is 17.6 Å². The third-order valence-corrected chi connectivity index (χ3v) is 3.56. The van der Waals surface area contributed by atoms with Crippen molar-refractivity contribution < 1.29 is 4.79 Å². The van der Waals surface area contributed by atoms with Gasteiger partial charge in [0.15, 0.2) is 0 Å². The van der Waals surface area contributed by atoms with Gasteiger partial charge in [0.25, 0.3) is 5.91 Å². The first kappa shape index (κ1) is 16.6. The van der Waals surface area contributed by atoms with Crippen molar-refractivity contribution in [3.63, 3.8) is 0 Å². The summed E-state index contributed by atoms with van der Waals surface area (Å²) in [7, 11) is 0. The van der Waals surface area contributed by atoms with Crippen LogP contribution in [0.15, 0.2) is 60.3 Å². The highest BCUT2D eigenvalue weighted by Crippen LogP contribution is 2.21. The number of hydrogen-bond acceptors (Lipinski definition) is 3. The molecular formula is C18H16ClN3O. The van der Waals surface area contributed by atoms with E-state index in [-0.39, 0.29) is 5.57 Å². The molecule has 0 unspecified atom stereocenters. The Labute approximate surface area is 140 Å². The van der Waals surface area contributed by atoms with E-state index in [1.54, 1.807) is 24.3 Å². The van der Waals surface area contributed by atoms with E-state index < -0.39 is 5.91 Å². The van der Waals surface area contributed by atoms with Crippen LogP contribution in [0.5, 0.6) is 0 Å². The fourth-order valence-corrected chi connectivity index (χ4v) is 2.08. The van der Waals surface area contributed by atoms with E-state index in [0.29, 0.717) is 10.7 Å². The molecule has 0 aliphatic rings. The van der Waals surface area contributed by atoms with E-state index in [1.165, 1.54) is 11.8 Å². The van der Waals surface area contributed by atoms with Crippen molar-refractivity contribution in [2.45, 2.75) is 13.3 Å². The number of anilines is 2. The minimum atomic E-state index is -0.515. The topological polar surface area (TPSA) is 64.9 Å². The van der Waals surface area contributed by atoms with Gasteiger partial charge in [0.05, 0.1) is 10.7 Å². The first-order valence-electron chi connectivity index (χ1n) is 7.15. The molecule has 0 fully saturated rings. The predicted octanol–water partition coefficient (Wildman–Crippen LogP) is 4.36. The Morgan fingerprint density at radius 2 is 1.91 bits per heavy atom. The van der Waals surface area contributed by atoms with Gasteiger partial charge in [-0.2, -0.15) is 5.26 Å². The zero-order valence-electron chi connectivity index (χ0n) is 12.6. The lowest BCUT2D eigenvalue weighted by atomic mass is 10.1. The molecule has 23 heavy (non-hydrogen) atoms. The summed E-state index contributed by atoms with van der Waals surface area (Å²) in [6, 6.07) is 16.5. The number of halogens is 1. The maximum absolute atomic E-state index is 12.1. The highest BCUT2D eigenvalue weighted by Gasteiger charge is 2.10. The van der Waals surface area contributed by atoms with Crippen molar-refractivity contribution in [1.29, 1.82) is 5.26 Å². The number of nitrogens with one attached hydrogen (secondary N) is 2. The number of hydrogen-bond donors (Lipinski definition) is 2. The van der Waals surface area contributed by atoms with Gasteiger partial charge in [0.1, 0.15) is 11.6 Å². The van der Waals surface area contributed by atoms with Crippen LogP contribution < -0.4 is 10.6 Å². The van der Waals surface area contributed by atoms with Gasteiger partial charge in [-0.15, -0.1) is 0 Å². The summed E-state index contributed by atoms with van der Waals surface area (Å²) in [5, 5.41) is 15.1. The summed E-state index contributed by atoms with van der Waals surface area (Å²) in [6.45, 7) is 2.08. The molecule has 0 aromatic heterocycles. The number of nitriles is 1. The van der Waals surface area contributed by atoms with Crippen LogP contribution in [0, 0.1) is 11.3 Å². The number of rotatable bonds is 5. The Morgan fingerprint density at radius 3 is 2.52 bits per heavy atom. The van der Waals surface area contributed by atoms with Gasteiger partial charge < -0.3 is 10.6 Å². The molecule has 116 valence electrons. The number of benzene rings is 2. The Hall–Kier alpha value is -2.77. The maximum atomic E-state index is 12.1. The van der Waals surface area contributed by atoms with Gasteiger partial charge in [-0.3, -0.25) is 4.79 Å². The molecule has 0 radical (unpaired) electrons. The molecule has 0 atom stereocenters. The maximum Gasteiger partial charge on any atom is 0.267 e.